The highest BCUT2D eigenvalue weighted by Crippen LogP contribution is 2.14. The van der Waals surface area contributed by atoms with E-state index in [1.165, 1.54) is 27.5 Å². The van der Waals surface area contributed by atoms with Crippen LogP contribution in [0.3, 0.4) is 0 Å². The fraction of sp³-hybridized carbons (Fsp3) is 0.136. The van der Waals surface area contributed by atoms with Crippen molar-refractivity contribution in [2.45, 2.75) is 20.0 Å². The molecule has 2 aromatic carbocycles. The van der Waals surface area contributed by atoms with Crippen molar-refractivity contribution in [2.24, 2.45) is 0 Å². The molecule has 0 spiro atoms. The SMILES string of the molecule is Cc1ccc(Cn2c(=O)c3ncccc3n(Cc3ccc([N+](=O)[O-])cc3)c2=O)cc1. The zero-order chi connectivity index (χ0) is 21.3. The fourth-order valence-electron chi connectivity index (χ4n) is 3.32. The Kier molecular flexibility index (Phi) is 4.97. The van der Waals surface area contributed by atoms with Crippen molar-refractivity contribution in [2.75, 3.05) is 0 Å². The van der Waals surface area contributed by atoms with E-state index < -0.39 is 16.2 Å². The molecule has 8 heteroatoms. The molecule has 0 aliphatic heterocycles. The maximum atomic E-state index is 13.2. The summed E-state index contributed by atoms with van der Waals surface area (Å²) in [6.45, 7) is 2.25. The molecule has 0 saturated carbocycles. The monoisotopic (exact) mass is 402 g/mol. The molecule has 30 heavy (non-hydrogen) atoms. The third-order valence-electron chi connectivity index (χ3n) is 4.94. The standard InChI is InChI=1S/C22H18N4O4/c1-15-4-6-16(7-5-15)14-25-21(27)20-19(3-2-12-23-20)24(22(25)28)13-17-8-10-18(11-9-17)26(29)30/h2-12H,13-14H2,1H3. The minimum Gasteiger partial charge on any atom is -0.287 e. The molecule has 0 bridgehead atoms. The lowest BCUT2D eigenvalue weighted by Gasteiger charge is -2.14. The summed E-state index contributed by atoms with van der Waals surface area (Å²) in [5.74, 6) is 0. The highest BCUT2D eigenvalue weighted by molar-refractivity contribution is 5.73. The molecule has 0 amide bonds. The summed E-state index contributed by atoms with van der Waals surface area (Å²) in [5, 5.41) is 10.9. The van der Waals surface area contributed by atoms with E-state index in [9.17, 15) is 19.7 Å². The number of pyridine rings is 1. The molecule has 2 aromatic heterocycles. The van der Waals surface area contributed by atoms with Crippen LogP contribution in [0.25, 0.3) is 11.0 Å². The molecule has 0 fully saturated rings. The van der Waals surface area contributed by atoms with Gasteiger partial charge in [-0.3, -0.25) is 24.0 Å². The molecule has 0 atom stereocenters. The molecule has 4 aromatic rings. The van der Waals surface area contributed by atoms with Crippen LogP contribution in [0.2, 0.25) is 0 Å². The average Bonchev–Trinajstić information content (AvgIpc) is 2.76. The maximum absolute atomic E-state index is 13.2. The zero-order valence-corrected chi connectivity index (χ0v) is 16.2. The van der Waals surface area contributed by atoms with Gasteiger partial charge in [0.1, 0.15) is 0 Å². The summed E-state index contributed by atoms with van der Waals surface area (Å²) in [7, 11) is 0. The van der Waals surface area contributed by atoms with Crippen LogP contribution in [-0.4, -0.2) is 19.0 Å². The second-order valence-electron chi connectivity index (χ2n) is 7.04. The number of aromatic nitrogens is 3. The Morgan fingerprint density at radius 3 is 2.13 bits per heavy atom. The summed E-state index contributed by atoms with van der Waals surface area (Å²) in [6.07, 6.45) is 1.51. The Morgan fingerprint density at radius 2 is 1.50 bits per heavy atom. The van der Waals surface area contributed by atoms with Crippen molar-refractivity contribution in [1.82, 2.24) is 14.1 Å². The lowest BCUT2D eigenvalue weighted by molar-refractivity contribution is -0.384. The molecule has 0 aliphatic carbocycles. The van der Waals surface area contributed by atoms with Crippen LogP contribution in [-0.2, 0) is 13.1 Å². The van der Waals surface area contributed by atoms with Crippen LogP contribution < -0.4 is 11.2 Å². The lowest BCUT2D eigenvalue weighted by Crippen LogP contribution is -2.40. The van der Waals surface area contributed by atoms with Crippen molar-refractivity contribution < 1.29 is 4.92 Å². The van der Waals surface area contributed by atoms with Crippen LogP contribution in [0, 0.1) is 17.0 Å². The molecule has 0 N–H and O–H groups in total. The van der Waals surface area contributed by atoms with Gasteiger partial charge in [-0.15, -0.1) is 0 Å². The first-order valence-corrected chi connectivity index (χ1v) is 9.31. The van der Waals surface area contributed by atoms with Gasteiger partial charge < -0.3 is 0 Å². The number of nitro benzene ring substituents is 1. The molecular weight excluding hydrogens is 384 g/mol. The molecule has 150 valence electrons. The van der Waals surface area contributed by atoms with Gasteiger partial charge in [0.05, 0.1) is 23.5 Å². The van der Waals surface area contributed by atoms with Crippen LogP contribution in [0.5, 0.6) is 0 Å². The normalized spacial score (nSPS) is 11.0. The first kappa shape index (κ1) is 19.3. The first-order chi connectivity index (χ1) is 14.4. The highest BCUT2D eigenvalue weighted by Gasteiger charge is 2.15. The predicted octanol–water partition coefficient (Wildman–Crippen LogP) is 2.87. The molecule has 2 heterocycles. The third kappa shape index (κ3) is 3.62. The van der Waals surface area contributed by atoms with Gasteiger partial charge in [0.15, 0.2) is 5.52 Å². The number of rotatable bonds is 5. The van der Waals surface area contributed by atoms with Gasteiger partial charge in [-0.05, 0) is 30.2 Å². The van der Waals surface area contributed by atoms with Gasteiger partial charge in [-0.25, -0.2) is 9.78 Å². The Labute approximate surface area is 170 Å². The minimum atomic E-state index is -0.475. The Bertz CT molecular complexity index is 1350. The van der Waals surface area contributed by atoms with Crippen LogP contribution in [0.4, 0.5) is 5.69 Å². The minimum absolute atomic E-state index is 0.0260. The lowest BCUT2D eigenvalue weighted by atomic mass is 10.1. The number of hydrogen-bond donors (Lipinski definition) is 0. The van der Waals surface area contributed by atoms with Crippen LogP contribution in [0.1, 0.15) is 16.7 Å². The molecule has 0 unspecified atom stereocenters. The molecule has 0 aliphatic rings. The van der Waals surface area contributed by atoms with Gasteiger partial charge in [0, 0.05) is 18.3 Å². The first-order valence-electron chi connectivity index (χ1n) is 9.31. The predicted molar refractivity (Wildman–Crippen MR) is 113 cm³/mol. The van der Waals surface area contributed by atoms with Crippen LogP contribution >= 0.6 is 0 Å². The summed E-state index contributed by atoms with van der Waals surface area (Å²) >= 11 is 0. The van der Waals surface area contributed by atoms with E-state index in [4.69, 9.17) is 0 Å². The van der Waals surface area contributed by atoms with Crippen LogP contribution in [0.15, 0.2) is 76.4 Å². The quantitative estimate of drug-likeness (QED) is 0.377. The number of nitrogens with zero attached hydrogens (tertiary/aromatic N) is 4. The van der Waals surface area contributed by atoms with Crippen molar-refractivity contribution in [3.05, 3.63) is 115 Å². The molecule has 0 radical (unpaired) electrons. The molecule has 4 rings (SSSR count). The Hall–Kier alpha value is -4.07. The van der Waals surface area contributed by atoms with Crippen molar-refractivity contribution in [3.8, 4) is 0 Å². The summed E-state index contributed by atoms with van der Waals surface area (Å²) in [4.78, 5) is 40.8. The van der Waals surface area contributed by atoms with E-state index in [2.05, 4.69) is 4.98 Å². The topological polar surface area (TPSA) is 100 Å². The van der Waals surface area contributed by atoms with Gasteiger partial charge in [0.25, 0.3) is 11.2 Å². The summed E-state index contributed by atoms with van der Waals surface area (Å²) in [6, 6.07) is 16.9. The summed E-state index contributed by atoms with van der Waals surface area (Å²) < 4.78 is 2.64. The maximum Gasteiger partial charge on any atom is 0.332 e. The van der Waals surface area contributed by atoms with E-state index in [1.54, 1.807) is 24.3 Å². The number of aryl methyl sites for hydroxylation is 1. The van der Waals surface area contributed by atoms with Crippen molar-refractivity contribution in [1.29, 1.82) is 0 Å². The number of nitro groups is 1. The van der Waals surface area contributed by atoms with E-state index in [0.29, 0.717) is 11.1 Å². The number of fused-ring (bicyclic) bond motifs is 1. The fourth-order valence-corrected chi connectivity index (χ4v) is 3.32. The highest BCUT2D eigenvalue weighted by atomic mass is 16.6. The molecule has 0 saturated heterocycles. The second-order valence-corrected chi connectivity index (χ2v) is 7.04. The van der Waals surface area contributed by atoms with Gasteiger partial charge in [-0.2, -0.15) is 0 Å². The van der Waals surface area contributed by atoms with Gasteiger partial charge >= 0.3 is 5.69 Å². The largest absolute Gasteiger partial charge is 0.332 e. The van der Waals surface area contributed by atoms with E-state index in [-0.39, 0.29) is 24.3 Å². The van der Waals surface area contributed by atoms with Crippen molar-refractivity contribution >= 4 is 16.7 Å². The van der Waals surface area contributed by atoms with Gasteiger partial charge in [-0.1, -0.05) is 42.0 Å². The van der Waals surface area contributed by atoms with Crippen molar-refractivity contribution in [3.63, 3.8) is 0 Å². The third-order valence-corrected chi connectivity index (χ3v) is 4.94. The van der Waals surface area contributed by atoms with Gasteiger partial charge in [0.2, 0.25) is 0 Å². The second kappa shape index (κ2) is 7.75. The number of benzene rings is 2. The zero-order valence-electron chi connectivity index (χ0n) is 16.2. The van der Waals surface area contributed by atoms with E-state index in [1.807, 2.05) is 31.2 Å². The number of hydrogen-bond acceptors (Lipinski definition) is 5. The Morgan fingerprint density at radius 1 is 0.900 bits per heavy atom. The number of non-ortho nitro benzene ring substituents is 1. The average molecular weight is 402 g/mol. The molecule has 8 nitrogen and oxygen atoms in total. The Balaban J connectivity index is 1.84. The van der Waals surface area contributed by atoms with E-state index >= 15 is 0 Å². The molecular formula is C22H18N4O4. The smallest absolute Gasteiger partial charge is 0.287 e. The van der Waals surface area contributed by atoms with E-state index in [0.717, 1.165) is 11.1 Å². The summed E-state index contributed by atoms with van der Waals surface area (Å²) in [5.41, 5.74) is 2.31.